The predicted molar refractivity (Wildman–Crippen MR) is 58.3 cm³/mol. The molecule has 3 atom stereocenters. The average molecular weight is 208 g/mol. The van der Waals surface area contributed by atoms with Crippen LogP contribution in [0.15, 0.2) is 0 Å². The molecule has 0 aromatic carbocycles. The fraction of sp³-hybridized carbons (Fsp3) is 0.917. The summed E-state index contributed by atoms with van der Waals surface area (Å²) < 4.78 is 5.20. The molecule has 84 valence electrons. The molecule has 1 aliphatic heterocycles. The van der Waals surface area contributed by atoms with Crippen LogP contribution in [0.25, 0.3) is 0 Å². The van der Waals surface area contributed by atoms with Crippen molar-refractivity contribution in [3.05, 3.63) is 0 Å². The van der Waals surface area contributed by atoms with E-state index < -0.39 is 0 Å². The number of hydrogen-bond donors (Lipinski definition) is 0. The van der Waals surface area contributed by atoms with E-state index in [-0.39, 0.29) is 5.92 Å². The lowest BCUT2D eigenvalue weighted by Gasteiger charge is -2.26. The molecule has 15 heavy (non-hydrogen) atoms. The Labute approximate surface area is 92.0 Å². The zero-order valence-electron chi connectivity index (χ0n) is 9.48. The van der Waals surface area contributed by atoms with Crippen molar-refractivity contribution >= 4 is 0 Å². The van der Waals surface area contributed by atoms with Crippen LogP contribution in [0.1, 0.15) is 25.7 Å². The predicted octanol–water partition coefficient (Wildman–Crippen LogP) is 1.65. The van der Waals surface area contributed by atoms with Crippen LogP contribution in [0.3, 0.4) is 0 Å². The lowest BCUT2D eigenvalue weighted by atomic mass is 10.0. The minimum Gasteiger partial charge on any atom is -0.384 e. The fourth-order valence-corrected chi connectivity index (χ4v) is 3.06. The van der Waals surface area contributed by atoms with Crippen LogP contribution < -0.4 is 0 Å². The van der Waals surface area contributed by atoms with Gasteiger partial charge >= 0.3 is 0 Å². The first-order valence-corrected chi connectivity index (χ1v) is 5.97. The van der Waals surface area contributed by atoms with Crippen molar-refractivity contribution in [2.75, 3.05) is 26.8 Å². The van der Waals surface area contributed by atoms with Crippen LogP contribution in [0.4, 0.5) is 0 Å². The topological polar surface area (TPSA) is 36.3 Å². The summed E-state index contributed by atoms with van der Waals surface area (Å²) >= 11 is 0. The number of methoxy groups -OCH3 is 1. The van der Waals surface area contributed by atoms with Crippen LogP contribution in [-0.2, 0) is 4.74 Å². The Kier molecular flexibility index (Phi) is 3.61. The maximum Gasteiger partial charge on any atom is 0.0672 e. The molecule has 2 rings (SSSR count). The Bertz CT molecular complexity index is 248. The molecule has 1 aliphatic carbocycles. The Balaban J connectivity index is 1.87. The summed E-state index contributed by atoms with van der Waals surface area (Å²) in [6.07, 6.45) is 4.79. The monoisotopic (exact) mass is 208 g/mol. The van der Waals surface area contributed by atoms with E-state index in [1.54, 1.807) is 7.11 Å². The van der Waals surface area contributed by atoms with Gasteiger partial charge in [-0.2, -0.15) is 5.26 Å². The summed E-state index contributed by atoms with van der Waals surface area (Å²) in [5, 5.41) is 9.06. The first-order valence-electron chi connectivity index (χ1n) is 5.97. The highest BCUT2D eigenvalue weighted by Crippen LogP contribution is 2.32. The summed E-state index contributed by atoms with van der Waals surface area (Å²) in [6, 6.07) is 3.00. The zero-order chi connectivity index (χ0) is 10.7. The molecule has 0 amide bonds. The molecule has 0 radical (unpaired) electrons. The van der Waals surface area contributed by atoms with Crippen LogP contribution in [0, 0.1) is 23.2 Å². The van der Waals surface area contributed by atoms with Gasteiger partial charge in [0.05, 0.1) is 18.6 Å². The van der Waals surface area contributed by atoms with Crippen LogP contribution >= 0.6 is 0 Å². The van der Waals surface area contributed by atoms with Gasteiger partial charge in [-0.3, -0.25) is 4.90 Å². The second-order valence-corrected chi connectivity index (χ2v) is 4.84. The fourth-order valence-electron chi connectivity index (χ4n) is 3.06. The van der Waals surface area contributed by atoms with E-state index in [1.807, 2.05) is 0 Å². The molecule has 2 fully saturated rings. The van der Waals surface area contributed by atoms with Crippen molar-refractivity contribution in [2.24, 2.45) is 11.8 Å². The highest BCUT2D eigenvalue weighted by atomic mass is 16.5. The molecule has 3 unspecified atom stereocenters. The summed E-state index contributed by atoms with van der Waals surface area (Å²) in [7, 11) is 1.77. The number of likely N-dealkylation sites (tertiary alicyclic amines) is 1. The molecule has 3 nitrogen and oxygen atoms in total. The van der Waals surface area contributed by atoms with E-state index in [9.17, 15) is 0 Å². The van der Waals surface area contributed by atoms with Crippen molar-refractivity contribution in [3.8, 4) is 6.07 Å². The summed E-state index contributed by atoms with van der Waals surface area (Å²) in [6.45, 7) is 3.17. The number of nitriles is 1. The average Bonchev–Trinajstić information content (AvgIpc) is 2.84. The molecule has 1 saturated carbocycles. The Morgan fingerprint density at radius 1 is 1.40 bits per heavy atom. The van der Waals surface area contributed by atoms with E-state index >= 15 is 0 Å². The highest BCUT2D eigenvalue weighted by Gasteiger charge is 2.35. The first-order chi connectivity index (χ1) is 7.35. The molecule has 1 heterocycles. The largest absolute Gasteiger partial charge is 0.384 e. The van der Waals surface area contributed by atoms with E-state index in [2.05, 4.69) is 11.0 Å². The van der Waals surface area contributed by atoms with Crippen LogP contribution in [0.5, 0.6) is 0 Å². The Morgan fingerprint density at radius 3 is 3.00 bits per heavy atom. The second-order valence-electron chi connectivity index (χ2n) is 4.84. The lowest BCUT2D eigenvalue weighted by molar-refractivity contribution is 0.144. The van der Waals surface area contributed by atoms with Crippen LogP contribution in [0.2, 0.25) is 0 Å². The molecule has 2 aliphatic rings. The normalized spacial score (nSPS) is 36.9. The minimum absolute atomic E-state index is 0.284. The quantitative estimate of drug-likeness (QED) is 0.707. The maximum absolute atomic E-state index is 9.06. The summed E-state index contributed by atoms with van der Waals surface area (Å²) in [4.78, 5) is 2.52. The highest BCUT2D eigenvalue weighted by molar-refractivity contribution is 4.99. The third-order valence-corrected chi connectivity index (χ3v) is 3.83. The first kappa shape index (κ1) is 10.9. The van der Waals surface area contributed by atoms with Crippen molar-refractivity contribution in [1.29, 1.82) is 5.26 Å². The lowest BCUT2D eigenvalue weighted by Crippen LogP contribution is -2.35. The van der Waals surface area contributed by atoms with Gasteiger partial charge in [-0.05, 0) is 31.7 Å². The van der Waals surface area contributed by atoms with Gasteiger partial charge in [-0.15, -0.1) is 0 Å². The van der Waals surface area contributed by atoms with E-state index in [0.717, 1.165) is 26.1 Å². The SMILES string of the molecule is COCC1CCN(C2CCCC2C#N)C1. The minimum atomic E-state index is 0.284. The van der Waals surface area contributed by atoms with Gasteiger partial charge in [-0.1, -0.05) is 6.42 Å². The smallest absolute Gasteiger partial charge is 0.0672 e. The van der Waals surface area contributed by atoms with E-state index in [1.165, 1.54) is 19.3 Å². The molecule has 3 heteroatoms. The molecule has 0 aromatic rings. The van der Waals surface area contributed by atoms with Crippen molar-refractivity contribution in [2.45, 2.75) is 31.7 Å². The Hall–Kier alpha value is -0.590. The van der Waals surface area contributed by atoms with Gasteiger partial charge in [0.1, 0.15) is 0 Å². The standard InChI is InChI=1S/C12H20N2O/c1-15-9-10-5-6-14(8-10)12-4-2-3-11(12)7-13/h10-12H,2-6,8-9H2,1H3. The zero-order valence-corrected chi connectivity index (χ0v) is 9.48. The summed E-state index contributed by atoms with van der Waals surface area (Å²) in [5.41, 5.74) is 0. The molecule has 0 spiro atoms. The number of nitrogens with zero attached hydrogens (tertiary/aromatic N) is 2. The molecular weight excluding hydrogens is 188 g/mol. The second kappa shape index (κ2) is 4.96. The molecule has 0 aromatic heterocycles. The molecule has 1 saturated heterocycles. The summed E-state index contributed by atoms with van der Waals surface area (Å²) in [5.74, 6) is 0.973. The van der Waals surface area contributed by atoms with Crippen molar-refractivity contribution in [3.63, 3.8) is 0 Å². The Morgan fingerprint density at radius 2 is 2.27 bits per heavy atom. The van der Waals surface area contributed by atoms with Gasteiger partial charge in [0, 0.05) is 19.7 Å². The third kappa shape index (κ3) is 2.32. The van der Waals surface area contributed by atoms with Crippen LogP contribution in [-0.4, -0.2) is 37.7 Å². The van der Waals surface area contributed by atoms with Gasteiger partial charge < -0.3 is 4.74 Å². The molecular formula is C12H20N2O. The van der Waals surface area contributed by atoms with E-state index in [0.29, 0.717) is 12.0 Å². The third-order valence-electron chi connectivity index (χ3n) is 3.83. The van der Waals surface area contributed by atoms with Gasteiger partial charge in [0.2, 0.25) is 0 Å². The molecule has 0 bridgehead atoms. The maximum atomic E-state index is 9.06. The van der Waals surface area contributed by atoms with Gasteiger partial charge in [0.15, 0.2) is 0 Å². The van der Waals surface area contributed by atoms with Gasteiger partial charge in [-0.25, -0.2) is 0 Å². The van der Waals surface area contributed by atoms with Gasteiger partial charge in [0.25, 0.3) is 0 Å². The number of ether oxygens (including phenoxy) is 1. The van der Waals surface area contributed by atoms with E-state index in [4.69, 9.17) is 10.00 Å². The number of hydrogen-bond acceptors (Lipinski definition) is 3. The molecule has 0 N–H and O–H groups in total. The van der Waals surface area contributed by atoms with Crippen molar-refractivity contribution in [1.82, 2.24) is 4.90 Å². The number of rotatable bonds is 3. The van der Waals surface area contributed by atoms with Crippen molar-refractivity contribution < 1.29 is 4.74 Å².